The molecule has 0 bridgehead atoms. The molecule has 4 rings (SSSR count). The van der Waals surface area contributed by atoms with E-state index in [1.165, 1.54) is 18.3 Å². The van der Waals surface area contributed by atoms with Gasteiger partial charge >= 0.3 is 0 Å². The van der Waals surface area contributed by atoms with Crippen molar-refractivity contribution >= 4 is 25.9 Å². The van der Waals surface area contributed by atoms with E-state index in [4.69, 9.17) is 16.6 Å². The Morgan fingerprint density at radius 2 is 1.94 bits per heavy atom. The lowest BCUT2D eigenvalue weighted by Gasteiger charge is -2.28. The molecule has 3 heterocycles. The number of nitrogens with zero attached hydrogens (tertiary/aromatic N) is 4. The normalized spacial score (nSPS) is 19.1. The second-order valence-corrected chi connectivity index (χ2v) is 10.7. The summed E-state index contributed by atoms with van der Waals surface area (Å²) in [6, 6.07) is 5.68. The van der Waals surface area contributed by atoms with E-state index >= 15 is 0 Å². The van der Waals surface area contributed by atoms with Crippen molar-refractivity contribution < 1.29 is 16.8 Å². The number of benzene rings is 1. The average Bonchev–Trinajstić information content (AvgIpc) is 3.45. The lowest BCUT2D eigenvalue weighted by molar-refractivity contribution is 0.422. The van der Waals surface area contributed by atoms with Crippen LogP contribution in [0.1, 0.15) is 6.42 Å². The number of tetrazole rings is 1. The number of sulfonamides is 2. The molecule has 0 aliphatic carbocycles. The Hall–Kier alpha value is -3.02. The number of hydrogen-bond acceptors (Lipinski definition) is 11. The molecule has 33 heavy (non-hydrogen) atoms. The molecule has 14 nitrogen and oxygen atoms in total. The van der Waals surface area contributed by atoms with Crippen LogP contribution in [0.3, 0.4) is 0 Å². The van der Waals surface area contributed by atoms with E-state index in [1.54, 1.807) is 6.07 Å². The zero-order chi connectivity index (χ0) is 23.9. The van der Waals surface area contributed by atoms with Gasteiger partial charge < -0.3 is 16.8 Å². The van der Waals surface area contributed by atoms with Crippen LogP contribution in [0.5, 0.6) is 0 Å². The summed E-state index contributed by atoms with van der Waals surface area (Å²) in [7, 11) is -9.00. The number of nitrogen functional groups attached to an aromatic ring is 1. The molecule has 0 radical (unpaired) electrons. The highest BCUT2D eigenvalue weighted by molar-refractivity contribution is 7.92. The zero-order valence-electron chi connectivity index (χ0n) is 17.2. The molecule has 1 unspecified atom stereocenters. The lowest BCUT2D eigenvalue weighted by Crippen LogP contribution is -2.55. The molecule has 9 N–H and O–H groups in total. The van der Waals surface area contributed by atoms with E-state index in [-0.39, 0.29) is 29.3 Å². The highest BCUT2D eigenvalue weighted by Crippen LogP contribution is 2.39. The van der Waals surface area contributed by atoms with Crippen molar-refractivity contribution in [3.8, 4) is 22.5 Å². The van der Waals surface area contributed by atoms with Crippen molar-refractivity contribution in [3.63, 3.8) is 0 Å². The molecule has 0 saturated carbocycles. The molecular formula is C17H22N10O4S2. The van der Waals surface area contributed by atoms with E-state index in [0.717, 1.165) is 6.07 Å². The summed E-state index contributed by atoms with van der Waals surface area (Å²) in [5, 5.41) is 22.0. The first-order valence-corrected chi connectivity index (χ1v) is 12.7. The molecular weight excluding hydrogens is 472 g/mol. The SMILES string of the molecule is NCC1(NS(=O)(=O)c2ccc(-c3ccc(N)nc3)c(-c3nn[nH]n3)c2S(N)(=O)=O)CCNC1. The predicted octanol–water partition coefficient (Wildman–Crippen LogP) is -1.87. The Morgan fingerprint density at radius 1 is 1.15 bits per heavy atom. The number of aromatic amines is 1. The first-order valence-electron chi connectivity index (χ1n) is 9.67. The van der Waals surface area contributed by atoms with Gasteiger partial charge in [-0.15, -0.1) is 10.2 Å². The molecule has 3 aromatic rings. The molecule has 0 amide bonds. The summed E-state index contributed by atoms with van der Waals surface area (Å²) in [5.41, 5.74) is 11.1. The van der Waals surface area contributed by atoms with Crippen molar-refractivity contribution in [1.29, 1.82) is 0 Å². The standard InChI is InChI=1S/C17H22N10O4S2/c18-8-17(5-6-21-9-17)25-33(30,31)12-3-2-11(10-1-4-13(19)22-7-10)14(15(12)32(20,28)29)16-23-26-27-24-16/h1-4,7,21,25H,5-6,8-9,18H2,(H2,19,22)(H2,20,28,29)(H,23,24,26,27). The summed E-state index contributed by atoms with van der Waals surface area (Å²) in [4.78, 5) is 2.78. The maximum Gasteiger partial charge on any atom is 0.242 e. The summed E-state index contributed by atoms with van der Waals surface area (Å²) < 4.78 is 54.9. The largest absolute Gasteiger partial charge is 0.384 e. The molecule has 1 aliphatic heterocycles. The minimum atomic E-state index is -4.60. The van der Waals surface area contributed by atoms with E-state index < -0.39 is 35.4 Å². The number of primary sulfonamides is 1. The summed E-state index contributed by atoms with van der Waals surface area (Å²) in [6.45, 7) is 0.857. The van der Waals surface area contributed by atoms with Gasteiger partial charge in [0.15, 0.2) is 0 Å². The molecule has 176 valence electrons. The number of nitrogens with two attached hydrogens (primary N) is 3. The highest BCUT2D eigenvalue weighted by atomic mass is 32.2. The van der Waals surface area contributed by atoms with E-state index in [2.05, 4.69) is 35.6 Å². The van der Waals surface area contributed by atoms with Gasteiger partial charge in [0.05, 0.1) is 11.1 Å². The van der Waals surface area contributed by atoms with Crippen LogP contribution in [0.25, 0.3) is 22.5 Å². The van der Waals surface area contributed by atoms with E-state index in [9.17, 15) is 16.8 Å². The molecule has 1 atom stereocenters. The monoisotopic (exact) mass is 494 g/mol. The van der Waals surface area contributed by atoms with E-state index in [1.807, 2.05) is 0 Å². The van der Waals surface area contributed by atoms with Crippen LogP contribution >= 0.6 is 0 Å². The number of hydrogen-bond donors (Lipinski definition) is 6. The molecule has 1 fully saturated rings. The van der Waals surface area contributed by atoms with Gasteiger partial charge in [0.25, 0.3) is 0 Å². The first-order chi connectivity index (χ1) is 15.6. The van der Waals surface area contributed by atoms with Gasteiger partial charge in [-0.2, -0.15) is 5.21 Å². The zero-order valence-corrected chi connectivity index (χ0v) is 18.8. The van der Waals surface area contributed by atoms with Crippen LogP contribution in [0.15, 0.2) is 40.3 Å². The molecule has 1 aliphatic rings. The van der Waals surface area contributed by atoms with Crippen molar-refractivity contribution in [2.24, 2.45) is 10.9 Å². The van der Waals surface area contributed by atoms with Crippen LogP contribution in [-0.4, -0.2) is 67.6 Å². The fraction of sp³-hybridized carbons (Fsp3) is 0.294. The van der Waals surface area contributed by atoms with Gasteiger partial charge in [0, 0.05) is 24.8 Å². The quantitative estimate of drug-likeness (QED) is 0.212. The van der Waals surface area contributed by atoms with Crippen LogP contribution < -0.4 is 26.6 Å². The number of pyridine rings is 1. The van der Waals surface area contributed by atoms with Crippen LogP contribution in [0.2, 0.25) is 0 Å². The third-order valence-electron chi connectivity index (χ3n) is 5.35. The Kier molecular flexibility index (Phi) is 5.89. The van der Waals surface area contributed by atoms with E-state index in [0.29, 0.717) is 25.1 Å². The minimum Gasteiger partial charge on any atom is -0.384 e. The molecule has 16 heteroatoms. The van der Waals surface area contributed by atoms with Gasteiger partial charge in [0.2, 0.25) is 25.9 Å². The second kappa shape index (κ2) is 8.40. The molecule has 0 spiro atoms. The molecule has 1 aromatic carbocycles. The van der Waals surface area contributed by atoms with Gasteiger partial charge in [-0.05, 0) is 41.9 Å². The Bertz CT molecular complexity index is 1370. The predicted molar refractivity (Wildman–Crippen MR) is 118 cm³/mol. The second-order valence-electron chi connectivity index (χ2n) is 7.58. The number of aromatic nitrogens is 5. The first kappa shape index (κ1) is 23.1. The number of rotatable bonds is 7. The van der Waals surface area contributed by atoms with Crippen LogP contribution in [0, 0.1) is 0 Å². The smallest absolute Gasteiger partial charge is 0.242 e. The highest BCUT2D eigenvalue weighted by Gasteiger charge is 2.40. The van der Waals surface area contributed by atoms with Crippen molar-refractivity contribution in [2.75, 3.05) is 25.4 Å². The number of H-pyrrole nitrogens is 1. The van der Waals surface area contributed by atoms with Crippen LogP contribution in [-0.2, 0) is 20.0 Å². The summed E-state index contributed by atoms with van der Waals surface area (Å²) in [5.74, 6) is 0.0751. The van der Waals surface area contributed by atoms with Gasteiger partial charge in [-0.1, -0.05) is 6.07 Å². The number of nitrogens with one attached hydrogen (secondary N) is 3. The third kappa shape index (κ3) is 4.43. The fourth-order valence-corrected chi connectivity index (χ4v) is 6.78. The van der Waals surface area contributed by atoms with Crippen LogP contribution in [0.4, 0.5) is 5.82 Å². The van der Waals surface area contributed by atoms with Gasteiger partial charge in [-0.25, -0.2) is 31.7 Å². The minimum absolute atomic E-state index is 0.0107. The maximum atomic E-state index is 13.4. The van der Waals surface area contributed by atoms with Gasteiger partial charge in [0.1, 0.15) is 15.6 Å². The molecule has 1 saturated heterocycles. The Labute approximate surface area is 189 Å². The lowest BCUT2D eigenvalue weighted by atomic mass is 10.0. The average molecular weight is 495 g/mol. The summed E-state index contributed by atoms with van der Waals surface area (Å²) in [6.07, 6.45) is 1.83. The van der Waals surface area contributed by atoms with Crippen molar-refractivity contribution in [2.45, 2.75) is 21.8 Å². The Balaban J connectivity index is 2.00. The molecule has 2 aromatic heterocycles. The number of anilines is 1. The topological polar surface area (TPSA) is 238 Å². The fourth-order valence-electron chi connectivity index (χ4n) is 3.74. The maximum absolute atomic E-state index is 13.4. The summed E-state index contributed by atoms with van der Waals surface area (Å²) >= 11 is 0. The van der Waals surface area contributed by atoms with Crippen molar-refractivity contribution in [3.05, 3.63) is 30.5 Å². The Morgan fingerprint density at radius 3 is 2.48 bits per heavy atom. The van der Waals surface area contributed by atoms with Gasteiger partial charge in [-0.3, -0.25) is 0 Å². The third-order valence-corrected chi connectivity index (χ3v) is 8.09. The van der Waals surface area contributed by atoms with Crippen molar-refractivity contribution in [1.82, 2.24) is 35.6 Å².